The number of aliphatic hydroxyl groups is 8. The molecular formula is C76H137NO13. The smallest absolute Gasteiger partial charge is 0.220 e. The van der Waals surface area contributed by atoms with Crippen LogP contribution in [0.25, 0.3) is 0 Å². The molecule has 0 radical (unpaired) electrons. The highest BCUT2D eigenvalue weighted by molar-refractivity contribution is 5.76. The molecule has 2 aliphatic rings. The van der Waals surface area contributed by atoms with Crippen LogP contribution in [-0.4, -0.2) is 140 Å². The summed E-state index contributed by atoms with van der Waals surface area (Å²) in [5.41, 5.74) is 0. The Hall–Kier alpha value is -2.57. The number of hydrogen-bond acceptors (Lipinski definition) is 13. The van der Waals surface area contributed by atoms with Crippen LogP contribution < -0.4 is 5.32 Å². The van der Waals surface area contributed by atoms with Gasteiger partial charge in [0.05, 0.1) is 32.0 Å². The summed E-state index contributed by atoms with van der Waals surface area (Å²) in [4.78, 5) is 13.4. The summed E-state index contributed by atoms with van der Waals surface area (Å²) in [5, 5.41) is 87.7. The average molecular weight is 1270 g/mol. The number of unbranched alkanes of at least 4 members (excludes halogenated alkanes) is 36. The highest BCUT2D eigenvalue weighted by atomic mass is 16.7. The number of allylic oxidation sites excluding steroid dienone is 12. The number of nitrogens with one attached hydrogen (secondary N) is 1. The molecule has 0 bridgehead atoms. The second-order valence-corrected chi connectivity index (χ2v) is 26.0. The molecule has 0 saturated carbocycles. The summed E-state index contributed by atoms with van der Waals surface area (Å²) in [6, 6.07) is -0.840. The Morgan fingerprint density at radius 1 is 0.411 bits per heavy atom. The largest absolute Gasteiger partial charge is 0.394 e. The third-order valence-electron chi connectivity index (χ3n) is 17.9. The van der Waals surface area contributed by atoms with Crippen molar-refractivity contribution in [3.05, 3.63) is 72.9 Å². The third kappa shape index (κ3) is 43.4. The molecule has 0 aromatic heterocycles. The molecule has 2 saturated heterocycles. The summed E-state index contributed by atoms with van der Waals surface area (Å²) >= 11 is 0. The molecule has 14 nitrogen and oxygen atoms in total. The standard InChI is InChI=1S/C76H137NO13/c1-3-5-7-9-11-13-15-17-19-21-23-25-27-29-31-32-34-35-37-39-41-43-45-47-49-51-53-55-57-59-65(80)64(63-87-75-73(86)71(84)74(67(62-79)89-75)90-76-72(85)70(83)69(82)66(61-78)88-76)77-68(81)60-58-56-54-52-50-48-46-44-42-40-38-36-33-30-28-26-24-22-20-18-16-14-12-10-8-6-4-2/h6,8,12,14,18,20,24,26,30,33,38,40,64-67,69-76,78-80,82-86H,3-5,7,9-11,13,15-17,19,21-23,25,27-29,31-32,34-37,39,41-63H2,1-2H3,(H,77,81)/b8-6-,14-12-,20-18-,26-24-,33-30-,40-38-. The van der Waals surface area contributed by atoms with Gasteiger partial charge in [0.1, 0.15) is 48.8 Å². The van der Waals surface area contributed by atoms with Gasteiger partial charge in [0, 0.05) is 6.42 Å². The molecule has 12 atom stereocenters. The van der Waals surface area contributed by atoms with Crippen LogP contribution >= 0.6 is 0 Å². The maximum atomic E-state index is 13.4. The number of hydrogen-bond donors (Lipinski definition) is 9. The maximum absolute atomic E-state index is 13.4. The van der Waals surface area contributed by atoms with E-state index in [1.165, 1.54) is 186 Å². The van der Waals surface area contributed by atoms with Gasteiger partial charge in [-0.1, -0.05) is 311 Å². The monoisotopic (exact) mass is 1270 g/mol. The minimum atomic E-state index is -1.79. The van der Waals surface area contributed by atoms with Gasteiger partial charge < -0.3 is 65.1 Å². The quantitative estimate of drug-likeness (QED) is 0.0204. The lowest BCUT2D eigenvalue weighted by Crippen LogP contribution is -2.65. The molecule has 2 aliphatic heterocycles. The first-order valence-electron chi connectivity index (χ1n) is 37.2. The van der Waals surface area contributed by atoms with Gasteiger partial charge in [0.15, 0.2) is 12.6 Å². The van der Waals surface area contributed by atoms with Crippen molar-refractivity contribution in [1.29, 1.82) is 0 Å². The Labute approximate surface area is 548 Å². The average Bonchev–Trinajstić information content (AvgIpc) is 1.41. The molecule has 0 spiro atoms. The van der Waals surface area contributed by atoms with Crippen LogP contribution in [-0.2, 0) is 23.7 Å². The SMILES string of the molecule is CC/C=C\C/C=C\C/C=C\C/C=C\C/C=C\C/C=C\CCCCCCCCCCC(=O)NC(COC1OC(CO)C(OC2OC(CO)C(O)C(O)C2O)C(O)C1O)C(O)CCCCCCCCCCCCCCCCCCCCCCCCCCCCCCC. The van der Waals surface area contributed by atoms with Gasteiger partial charge in [-0.25, -0.2) is 0 Å². The van der Waals surface area contributed by atoms with Gasteiger partial charge in [-0.05, 0) is 64.2 Å². The molecule has 0 aromatic carbocycles. The molecule has 90 heavy (non-hydrogen) atoms. The van der Waals surface area contributed by atoms with Crippen molar-refractivity contribution in [2.75, 3.05) is 19.8 Å². The van der Waals surface area contributed by atoms with Gasteiger partial charge >= 0.3 is 0 Å². The first-order valence-corrected chi connectivity index (χ1v) is 37.2. The molecule has 0 aromatic rings. The lowest BCUT2D eigenvalue weighted by atomic mass is 9.97. The summed E-state index contributed by atoms with van der Waals surface area (Å²) < 4.78 is 22.9. The first-order chi connectivity index (χ1) is 44.1. The fraction of sp³-hybridized carbons (Fsp3) is 0.829. The molecule has 2 rings (SSSR count). The minimum absolute atomic E-state index is 0.214. The Balaban J connectivity index is 1.66. The number of amides is 1. The fourth-order valence-corrected chi connectivity index (χ4v) is 12.1. The van der Waals surface area contributed by atoms with Crippen molar-refractivity contribution in [3.8, 4) is 0 Å². The van der Waals surface area contributed by atoms with Gasteiger partial charge in [-0.15, -0.1) is 0 Å². The van der Waals surface area contributed by atoms with Crippen molar-refractivity contribution >= 4 is 5.91 Å². The Morgan fingerprint density at radius 2 is 0.767 bits per heavy atom. The highest BCUT2D eigenvalue weighted by Gasteiger charge is 2.51. The first kappa shape index (κ1) is 83.5. The maximum Gasteiger partial charge on any atom is 0.220 e. The number of ether oxygens (including phenoxy) is 4. The van der Waals surface area contributed by atoms with Crippen molar-refractivity contribution in [1.82, 2.24) is 5.32 Å². The van der Waals surface area contributed by atoms with E-state index in [2.05, 4.69) is 92.1 Å². The van der Waals surface area contributed by atoms with E-state index in [1.807, 2.05) is 0 Å². The van der Waals surface area contributed by atoms with Crippen LogP contribution in [0.1, 0.15) is 309 Å². The number of aliphatic hydroxyl groups excluding tert-OH is 8. The van der Waals surface area contributed by atoms with Crippen molar-refractivity contribution in [3.63, 3.8) is 0 Å². The number of carbonyl (C=O) groups is 1. The van der Waals surface area contributed by atoms with E-state index in [4.69, 9.17) is 18.9 Å². The zero-order valence-corrected chi connectivity index (χ0v) is 57.1. The normalized spacial score (nSPS) is 23.3. The van der Waals surface area contributed by atoms with Gasteiger partial charge in [0.2, 0.25) is 5.91 Å². The Kier molecular flexibility index (Phi) is 55.8. The van der Waals surface area contributed by atoms with E-state index < -0.39 is 86.8 Å². The number of carbonyl (C=O) groups excluding carboxylic acids is 1. The van der Waals surface area contributed by atoms with Crippen LogP contribution in [0.2, 0.25) is 0 Å². The second-order valence-electron chi connectivity index (χ2n) is 26.0. The molecule has 12 unspecified atom stereocenters. The van der Waals surface area contributed by atoms with E-state index >= 15 is 0 Å². The Morgan fingerprint density at radius 3 is 1.18 bits per heavy atom. The van der Waals surface area contributed by atoms with E-state index in [0.29, 0.717) is 19.3 Å². The zero-order valence-electron chi connectivity index (χ0n) is 57.1. The molecule has 1 amide bonds. The van der Waals surface area contributed by atoms with Gasteiger partial charge in [-0.2, -0.15) is 0 Å². The predicted molar refractivity (Wildman–Crippen MR) is 369 cm³/mol. The molecular weight excluding hydrogens is 1130 g/mol. The van der Waals surface area contributed by atoms with E-state index in [9.17, 15) is 45.6 Å². The molecule has 524 valence electrons. The van der Waals surface area contributed by atoms with Crippen molar-refractivity contribution in [2.24, 2.45) is 0 Å². The molecule has 0 aliphatic carbocycles. The van der Waals surface area contributed by atoms with Gasteiger partial charge in [-0.3, -0.25) is 4.79 Å². The van der Waals surface area contributed by atoms with Gasteiger partial charge in [0.25, 0.3) is 0 Å². The molecule has 14 heteroatoms. The van der Waals surface area contributed by atoms with Crippen LogP contribution in [0, 0.1) is 0 Å². The lowest BCUT2D eigenvalue weighted by Gasteiger charge is -2.46. The zero-order chi connectivity index (χ0) is 65.2. The highest BCUT2D eigenvalue weighted by Crippen LogP contribution is 2.30. The lowest BCUT2D eigenvalue weighted by molar-refractivity contribution is -0.359. The second kappa shape index (κ2) is 60.1. The van der Waals surface area contributed by atoms with E-state index in [-0.39, 0.29) is 12.5 Å². The Bertz CT molecular complexity index is 1790. The third-order valence-corrected chi connectivity index (χ3v) is 17.9. The topological polar surface area (TPSA) is 228 Å². The summed E-state index contributed by atoms with van der Waals surface area (Å²) in [6.45, 7) is 2.78. The van der Waals surface area contributed by atoms with Crippen molar-refractivity contribution < 1.29 is 64.6 Å². The molecule has 2 fully saturated rings. The van der Waals surface area contributed by atoms with Crippen LogP contribution in [0.3, 0.4) is 0 Å². The minimum Gasteiger partial charge on any atom is -0.394 e. The van der Waals surface area contributed by atoms with Crippen LogP contribution in [0.4, 0.5) is 0 Å². The molecule has 9 N–H and O–H groups in total. The summed E-state index contributed by atoms with van der Waals surface area (Å²) in [7, 11) is 0. The summed E-state index contributed by atoms with van der Waals surface area (Å²) in [6.07, 6.45) is 64.9. The van der Waals surface area contributed by atoms with Crippen LogP contribution in [0.5, 0.6) is 0 Å². The van der Waals surface area contributed by atoms with Crippen molar-refractivity contribution in [2.45, 2.75) is 383 Å². The summed E-state index contributed by atoms with van der Waals surface area (Å²) in [5.74, 6) is -0.214. The van der Waals surface area contributed by atoms with Crippen LogP contribution in [0.15, 0.2) is 72.9 Å². The number of rotatable bonds is 61. The molecule has 2 heterocycles. The fourth-order valence-electron chi connectivity index (χ4n) is 12.1. The van der Waals surface area contributed by atoms with E-state index in [0.717, 1.165) is 89.9 Å². The van der Waals surface area contributed by atoms with E-state index in [1.54, 1.807) is 0 Å². The predicted octanol–water partition coefficient (Wildman–Crippen LogP) is 15.8.